The second-order valence-corrected chi connectivity index (χ2v) is 18.3. The number of aryl methyl sites for hydroxylation is 1. The van der Waals surface area contributed by atoms with E-state index in [1.807, 2.05) is 0 Å². The smallest absolute Gasteiger partial charge is 0.0465 e. The normalized spacial score (nSPS) is 14.2. The van der Waals surface area contributed by atoms with Gasteiger partial charge in [0.15, 0.2) is 0 Å². The van der Waals surface area contributed by atoms with E-state index < -0.39 is 0 Å². The largest absolute Gasteiger partial charge is 0.310 e. The van der Waals surface area contributed by atoms with E-state index >= 15 is 0 Å². The zero-order valence-corrected chi connectivity index (χ0v) is 35.6. The van der Waals surface area contributed by atoms with Crippen molar-refractivity contribution in [3.63, 3.8) is 0 Å². The summed E-state index contributed by atoms with van der Waals surface area (Å²) in [5, 5.41) is 0. The molecule has 0 bridgehead atoms. The first kappa shape index (κ1) is 35.3. The predicted molar refractivity (Wildman–Crippen MR) is 239 cm³/mol. The molecule has 2 nitrogen and oxygen atoms in total. The van der Waals surface area contributed by atoms with E-state index in [2.05, 4.69) is 238 Å². The SMILES string of the molecule is Cc1ccc(N(c2ccc(Br)cc2)c2ccc3c(c2)C(C)(C)c2cc4c(cc2-3)C(C)(C)c2cc(N(c3ccc(Br)cc3)c3ccc(Br)cc3)ccc2-4)cc1. The van der Waals surface area contributed by atoms with E-state index in [4.69, 9.17) is 0 Å². The van der Waals surface area contributed by atoms with Gasteiger partial charge in [0, 0.05) is 58.4 Å². The number of hydrogen-bond donors (Lipinski definition) is 0. The number of hydrogen-bond acceptors (Lipinski definition) is 2. The number of benzene rings is 7. The van der Waals surface area contributed by atoms with Gasteiger partial charge < -0.3 is 9.80 Å². The summed E-state index contributed by atoms with van der Waals surface area (Å²) in [6.07, 6.45) is 0. The lowest BCUT2D eigenvalue weighted by molar-refractivity contribution is 0.652. The Bertz CT molecular complexity index is 2300. The lowest BCUT2D eigenvalue weighted by Gasteiger charge is -2.28. The van der Waals surface area contributed by atoms with Crippen LogP contribution in [0.15, 0.2) is 159 Å². The highest BCUT2D eigenvalue weighted by Gasteiger charge is 2.42. The van der Waals surface area contributed by atoms with Gasteiger partial charge in [-0.1, -0.05) is 105 Å². The third kappa shape index (κ3) is 5.79. The molecule has 0 heterocycles. The predicted octanol–water partition coefficient (Wildman–Crippen LogP) is 15.8. The van der Waals surface area contributed by atoms with Gasteiger partial charge in [-0.05, 0) is 173 Å². The maximum absolute atomic E-state index is 3.64. The number of halogens is 3. The molecule has 0 saturated carbocycles. The van der Waals surface area contributed by atoms with Crippen LogP contribution in [0, 0.1) is 6.92 Å². The molecule has 0 saturated heterocycles. The van der Waals surface area contributed by atoms with Crippen molar-refractivity contribution in [2.45, 2.75) is 45.4 Å². The minimum absolute atomic E-state index is 0.179. The van der Waals surface area contributed by atoms with Crippen molar-refractivity contribution in [1.82, 2.24) is 0 Å². The van der Waals surface area contributed by atoms with Crippen LogP contribution < -0.4 is 9.80 Å². The second-order valence-electron chi connectivity index (χ2n) is 15.6. The van der Waals surface area contributed by atoms with Crippen molar-refractivity contribution in [3.8, 4) is 22.3 Å². The van der Waals surface area contributed by atoms with E-state index in [1.54, 1.807) is 0 Å². The summed E-state index contributed by atoms with van der Waals surface area (Å²) >= 11 is 10.9. The van der Waals surface area contributed by atoms with Crippen LogP contribution in [0.1, 0.15) is 55.5 Å². The molecule has 9 rings (SSSR count). The van der Waals surface area contributed by atoms with Gasteiger partial charge >= 0.3 is 0 Å². The molecule has 0 amide bonds. The van der Waals surface area contributed by atoms with Gasteiger partial charge in [-0.25, -0.2) is 0 Å². The maximum Gasteiger partial charge on any atom is 0.0465 e. The topological polar surface area (TPSA) is 6.48 Å². The first-order chi connectivity index (χ1) is 25.9. The quantitative estimate of drug-likeness (QED) is 0.164. The minimum Gasteiger partial charge on any atom is -0.310 e. The molecule has 266 valence electrons. The first-order valence-electron chi connectivity index (χ1n) is 18.3. The highest BCUT2D eigenvalue weighted by molar-refractivity contribution is 9.11. The van der Waals surface area contributed by atoms with Crippen LogP contribution in [-0.4, -0.2) is 0 Å². The Kier molecular flexibility index (Phi) is 8.57. The molecule has 0 unspecified atom stereocenters. The van der Waals surface area contributed by atoms with Gasteiger partial charge in [0.05, 0.1) is 0 Å². The molecular weight excluding hydrogens is 856 g/mol. The number of nitrogens with zero attached hydrogens (tertiary/aromatic N) is 2. The summed E-state index contributed by atoms with van der Waals surface area (Å²) in [6, 6.07) is 53.7. The minimum atomic E-state index is -0.183. The zero-order valence-electron chi connectivity index (χ0n) is 30.9. The van der Waals surface area contributed by atoms with E-state index in [1.165, 1.54) is 50.1 Å². The number of fused-ring (bicyclic) bond motifs is 6. The monoisotopic (exact) mass is 892 g/mol. The Labute approximate surface area is 343 Å². The molecule has 2 aliphatic rings. The van der Waals surface area contributed by atoms with Crippen LogP contribution in [0.4, 0.5) is 34.1 Å². The van der Waals surface area contributed by atoms with Crippen LogP contribution in [0.5, 0.6) is 0 Å². The van der Waals surface area contributed by atoms with Crippen molar-refractivity contribution in [3.05, 3.63) is 187 Å². The molecule has 0 aromatic heterocycles. The molecule has 5 heteroatoms. The fraction of sp³-hybridized carbons (Fsp3) is 0.143. The first-order valence-corrected chi connectivity index (χ1v) is 20.7. The van der Waals surface area contributed by atoms with Gasteiger partial charge in [-0.2, -0.15) is 0 Å². The molecule has 0 fully saturated rings. The van der Waals surface area contributed by atoms with Crippen molar-refractivity contribution >= 4 is 81.9 Å². The molecule has 7 aromatic rings. The van der Waals surface area contributed by atoms with Crippen LogP contribution in [0.3, 0.4) is 0 Å². The highest BCUT2D eigenvalue weighted by Crippen LogP contribution is 2.57. The van der Waals surface area contributed by atoms with Gasteiger partial charge in [-0.3, -0.25) is 0 Å². The summed E-state index contributed by atoms with van der Waals surface area (Å²) < 4.78 is 3.20. The molecular formula is C49H39Br3N2. The Hall–Kier alpha value is -4.42. The summed E-state index contributed by atoms with van der Waals surface area (Å²) in [5.74, 6) is 0. The molecule has 0 N–H and O–H groups in total. The molecule has 0 aliphatic heterocycles. The Morgan fingerprint density at radius 2 is 0.611 bits per heavy atom. The molecule has 0 atom stereocenters. The maximum atomic E-state index is 3.64. The molecule has 2 aliphatic carbocycles. The standard InChI is InChI=1S/C49H39Br3N2/c1-30-6-14-34(15-7-30)53(35-16-8-31(50)9-17-35)38-22-24-40-42-28-47-43(29-46(42)48(2,3)44(40)26-38)41-25-23-39(27-45(41)49(47,4)5)54(36-18-10-32(51)11-19-36)37-20-12-33(52)13-21-37/h6-29H,1-5H3. The fourth-order valence-electron chi connectivity index (χ4n) is 8.58. The molecule has 0 spiro atoms. The summed E-state index contributed by atoms with van der Waals surface area (Å²) in [4.78, 5) is 4.72. The van der Waals surface area contributed by atoms with Crippen LogP contribution >= 0.6 is 47.8 Å². The highest BCUT2D eigenvalue weighted by atomic mass is 79.9. The van der Waals surface area contributed by atoms with Crippen molar-refractivity contribution in [2.24, 2.45) is 0 Å². The van der Waals surface area contributed by atoms with Crippen LogP contribution in [0.2, 0.25) is 0 Å². The number of anilines is 6. The van der Waals surface area contributed by atoms with E-state index in [0.717, 1.165) is 47.5 Å². The Morgan fingerprint density at radius 3 is 0.944 bits per heavy atom. The number of rotatable bonds is 6. The van der Waals surface area contributed by atoms with Gasteiger partial charge in [0.1, 0.15) is 0 Å². The average Bonchev–Trinajstić information content (AvgIpc) is 3.52. The third-order valence-electron chi connectivity index (χ3n) is 11.5. The van der Waals surface area contributed by atoms with Gasteiger partial charge in [-0.15, -0.1) is 0 Å². The van der Waals surface area contributed by atoms with Crippen molar-refractivity contribution in [1.29, 1.82) is 0 Å². The second kappa shape index (κ2) is 13.1. The van der Waals surface area contributed by atoms with E-state index in [-0.39, 0.29) is 10.8 Å². The molecule has 7 aromatic carbocycles. The van der Waals surface area contributed by atoms with Crippen LogP contribution in [-0.2, 0) is 10.8 Å². The van der Waals surface area contributed by atoms with E-state index in [0.29, 0.717) is 0 Å². The van der Waals surface area contributed by atoms with Gasteiger partial charge in [0.2, 0.25) is 0 Å². The summed E-state index contributed by atoms with van der Waals surface area (Å²) in [5.41, 5.74) is 18.5. The average molecular weight is 896 g/mol. The lowest BCUT2D eigenvalue weighted by atomic mass is 9.79. The van der Waals surface area contributed by atoms with Crippen LogP contribution in [0.25, 0.3) is 22.3 Å². The summed E-state index contributed by atoms with van der Waals surface area (Å²) in [6.45, 7) is 11.7. The summed E-state index contributed by atoms with van der Waals surface area (Å²) in [7, 11) is 0. The fourth-order valence-corrected chi connectivity index (χ4v) is 9.37. The lowest BCUT2D eigenvalue weighted by Crippen LogP contribution is -2.18. The molecule has 0 radical (unpaired) electrons. The Balaban J connectivity index is 1.14. The van der Waals surface area contributed by atoms with Crippen molar-refractivity contribution in [2.75, 3.05) is 9.80 Å². The third-order valence-corrected chi connectivity index (χ3v) is 13.1. The Morgan fingerprint density at radius 1 is 0.333 bits per heavy atom. The van der Waals surface area contributed by atoms with Gasteiger partial charge in [0.25, 0.3) is 0 Å². The molecule has 54 heavy (non-hydrogen) atoms. The van der Waals surface area contributed by atoms with Crippen molar-refractivity contribution < 1.29 is 0 Å². The zero-order chi connectivity index (χ0) is 37.5. The van der Waals surface area contributed by atoms with E-state index in [9.17, 15) is 0 Å².